The van der Waals surface area contributed by atoms with E-state index < -0.39 is 0 Å². The van der Waals surface area contributed by atoms with E-state index in [1.807, 2.05) is 55.5 Å². The fraction of sp³-hybridized carbons (Fsp3) is 0.276. The third kappa shape index (κ3) is 5.14. The summed E-state index contributed by atoms with van der Waals surface area (Å²) < 4.78 is 12.7. The Morgan fingerprint density at radius 1 is 1.00 bits per heavy atom. The highest BCUT2D eigenvalue weighted by Gasteiger charge is 2.21. The zero-order valence-corrected chi connectivity index (χ0v) is 21.1. The molecule has 2 heterocycles. The van der Waals surface area contributed by atoms with Crippen molar-refractivity contribution < 1.29 is 14.3 Å². The molecule has 0 bridgehead atoms. The minimum Gasteiger partial charge on any atom is -0.493 e. The molecule has 37 heavy (non-hydrogen) atoms. The van der Waals surface area contributed by atoms with Crippen LogP contribution in [0.3, 0.4) is 0 Å². The molecule has 190 valence electrons. The van der Waals surface area contributed by atoms with Crippen molar-refractivity contribution in [2.45, 2.75) is 19.8 Å². The van der Waals surface area contributed by atoms with Crippen LogP contribution < -0.4 is 25.2 Å². The van der Waals surface area contributed by atoms with Crippen LogP contribution in [0.1, 0.15) is 28.8 Å². The maximum absolute atomic E-state index is 13.6. The lowest BCUT2D eigenvalue weighted by Gasteiger charge is -2.22. The molecule has 4 aromatic rings. The average Bonchev–Trinajstić information content (AvgIpc) is 3.46. The molecule has 1 aliphatic rings. The van der Waals surface area contributed by atoms with Crippen molar-refractivity contribution in [1.82, 2.24) is 14.9 Å². The number of nitrogens with zero attached hydrogens (tertiary/aromatic N) is 3. The van der Waals surface area contributed by atoms with Crippen LogP contribution in [-0.4, -0.2) is 48.8 Å². The van der Waals surface area contributed by atoms with Crippen molar-refractivity contribution in [2.75, 3.05) is 38.3 Å². The van der Waals surface area contributed by atoms with E-state index >= 15 is 0 Å². The largest absolute Gasteiger partial charge is 0.493 e. The van der Waals surface area contributed by atoms with E-state index in [4.69, 9.17) is 14.5 Å². The Morgan fingerprint density at radius 3 is 2.46 bits per heavy atom. The third-order valence-electron chi connectivity index (χ3n) is 6.51. The fourth-order valence-corrected chi connectivity index (χ4v) is 4.54. The quantitative estimate of drug-likeness (QED) is 0.368. The van der Waals surface area contributed by atoms with Gasteiger partial charge in [-0.05, 0) is 62.2 Å². The molecule has 1 saturated heterocycles. The van der Waals surface area contributed by atoms with Crippen LogP contribution in [0, 0.1) is 6.92 Å². The molecule has 0 aliphatic carbocycles. The number of methoxy groups -OCH3 is 1. The molecular weight excluding hydrogens is 468 g/mol. The van der Waals surface area contributed by atoms with Gasteiger partial charge < -0.3 is 19.7 Å². The van der Waals surface area contributed by atoms with Gasteiger partial charge in [-0.25, -0.2) is 9.55 Å². The van der Waals surface area contributed by atoms with Crippen LogP contribution in [0.5, 0.6) is 11.5 Å². The lowest BCUT2D eigenvalue weighted by Crippen LogP contribution is -2.31. The zero-order valence-electron chi connectivity index (χ0n) is 21.1. The third-order valence-corrected chi connectivity index (χ3v) is 6.51. The van der Waals surface area contributed by atoms with E-state index in [-0.39, 0.29) is 18.1 Å². The Labute approximate surface area is 215 Å². The molecule has 8 nitrogen and oxygen atoms in total. The first-order valence-electron chi connectivity index (χ1n) is 12.5. The molecular formula is C29H30N4O4. The SMILES string of the molecule is COc1ccccc1OCCNC(=O)c1ccc2c(=O)n(-c3ccc(C)cc3)c(N3CCCC3)nc2c1. The van der Waals surface area contributed by atoms with Gasteiger partial charge in [0.1, 0.15) is 6.61 Å². The number of anilines is 1. The number of fused-ring (bicyclic) bond motifs is 1. The number of hydrogen-bond donors (Lipinski definition) is 1. The predicted molar refractivity (Wildman–Crippen MR) is 144 cm³/mol. The first-order chi connectivity index (χ1) is 18.0. The molecule has 0 saturated carbocycles. The number of aromatic nitrogens is 2. The Hall–Kier alpha value is -4.33. The highest BCUT2D eigenvalue weighted by Crippen LogP contribution is 2.26. The number of para-hydroxylation sites is 2. The van der Waals surface area contributed by atoms with Crippen molar-refractivity contribution in [3.05, 3.63) is 88.2 Å². The maximum atomic E-state index is 13.6. The molecule has 0 unspecified atom stereocenters. The van der Waals surface area contributed by atoms with Gasteiger partial charge in [0.2, 0.25) is 5.95 Å². The molecule has 5 rings (SSSR count). The second-order valence-corrected chi connectivity index (χ2v) is 9.07. The van der Waals surface area contributed by atoms with E-state index in [0.717, 1.165) is 37.2 Å². The lowest BCUT2D eigenvalue weighted by molar-refractivity contribution is 0.0947. The second-order valence-electron chi connectivity index (χ2n) is 9.07. The van der Waals surface area contributed by atoms with Crippen molar-refractivity contribution >= 4 is 22.8 Å². The summed E-state index contributed by atoms with van der Waals surface area (Å²) in [5, 5.41) is 3.34. The second kappa shape index (κ2) is 10.7. The fourth-order valence-electron chi connectivity index (χ4n) is 4.54. The lowest BCUT2D eigenvalue weighted by atomic mass is 10.1. The van der Waals surface area contributed by atoms with E-state index in [1.165, 1.54) is 0 Å². The molecule has 1 amide bonds. The van der Waals surface area contributed by atoms with Crippen LogP contribution in [0.2, 0.25) is 0 Å². The van der Waals surface area contributed by atoms with Gasteiger partial charge in [0.05, 0.1) is 30.2 Å². The number of rotatable bonds is 8. The molecule has 1 aromatic heterocycles. The topological polar surface area (TPSA) is 85.7 Å². The van der Waals surface area contributed by atoms with Crippen LogP contribution in [0.25, 0.3) is 16.6 Å². The number of nitrogens with one attached hydrogen (secondary N) is 1. The van der Waals surface area contributed by atoms with Gasteiger partial charge in [-0.3, -0.25) is 9.59 Å². The Morgan fingerprint density at radius 2 is 1.73 bits per heavy atom. The van der Waals surface area contributed by atoms with Crippen molar-refractivity contribution in [3.8, 4) is 17.2 Å². The minimum absolute atomic E-state index is 0.145. The Kier molecular flexibility index (Phi) is 7.07. The highest BCUT2D eigenvalue weighted by molar-refractivity contribution is 5.97. The number of carbonyl (C=O) groups excluding carboxylic acids is 1. The van der Waals surface area contributed by atoms with Crippen molar-refractivity contribution in [3.63, 3.8) is 0 Å². The van der Waals surface area contributed by atoms with Crippen LogP contribution in [0.4, 0.5) is 5.95 Å². The summed E-state index contributed by atoms with van der Waals surface area (Å²) in [6.45, 7) is 4.31. The smallest absolute Gasteiger partial charge is 0.267 e. The summed E-state index contributed by atoms with van der Waals surface area (Å²) in [4.78, 5) is 33.5. The van der Waals surface area contributed by atoms with Gasteiger partial charge in [-0.15, -0.1) is 0 Å². The number of hydrogen-bond acceptors (Lipinski definition) is 6. The molecule has 0 atom stereocenters. The van der Waals surface area contributed by atoms with Crippen LogP contribution in [0.15, 0.2) is 71.5 Å². The molecule has 1 N–H and O–H groups in total. The monoisotopic (exact) mass is 498 g/mol. The van der Waals surface area contributed by atoms with E-state index in [9.17, 15) is 9.59 Å². The summed E-state index contributed by atoms with van der Waals surface area (Å²) in [6, 6.07) is 20.3. The van der Waals surface area contributed by atoms with Gasteiger partial charge in [0.25, 0.3) is 11.5 Å². The standard InChI is InChI=1S/C29H30N4O4/c1-20-9-12-22(13-10-20)33-28(35)23-14-11-21(19-24(23)31-29(33)32-16-5-6-17-32)27(34)30-15-18-37-26-8-4-3-7-25(26)36-2/h3-4,7-14,19H,5-6,15-18H2,1-2H3,(H,30,34). The normalized spacial score (nSPS) is 13.1. The molecule has 0 radical (unpaired) electrons. The molecule has 8 heteroatoms. The van der Waals surface area contributed by atoms with Gasteiger partial charge in [0.15, 0.2) is 11.5 Å². The van der Waals surface area contributed by atoms with Crippen LogP contribution >= 0.6 is 0 Å². The van der Waals surface area contributed by atoms with Gasteiger partial charge >= 0.3 is 0 Å². The molecule has 1 fully saturated rings. The van der Waals surface area contributed by atoms with Gasteiger partial charge in [0, 0.05) is 18.7 Å². The Balaban J connectivity index is 1.39. The average molecular weight is 499 g/mol. The van der Waals surface area contributed by atoms with Gasteiger partial charge in [-0.2, -0.15) is 0 Å². The molecule has 3 aromatic carbocycles. The van der Waals surface area contributed by atoms with E-state index in [2.05, 4.69) is 10.2 Å². The Bertz CT molecular complexity index is 1470. The first kappa shape index (κ1) is 24.4. The van der Waals surface area contributed by atoms with E-state index in [1.54, 1.807) is 29.9 Å². The van der Waals surface area contributed by atoms with Crippen molar-refractivity contribution in [1.29, 1.82) is 0 Å². The minimum atomic E-state index is -0.252. The number of amides is 1. The summed E-state index contributed by atoms with van der Waals surface area (Å²) in [7, 11) is 1.59. The maximum Gasteiger partial charge on any atom is 0.267 e. The molecule has 1 aliphatic heterocycles. The van der Waals surface area contributed by atoms with Gasteiger partial charge in [-0.1, -0.05) is 29.8 Å². The summed E-state index contributed by atoms with van der Waals surface area (Å²) in [6.07, 6.45) is 2.11. The number of benzene rings is 3. The summed E-state index contributed by atoms with van der Waals surface area (Å²) in [5.41, 5.74) is 2.71. The summed E-state index contributed by atoms with van der Waals surface area (Å²) >= 11 is 0. The van der Waals surface area contributed by atoms with E-state index in [0.29, 0.717) is 40.5 Å². The van der Waals surface area contributed by atoms with Crippen molar-refractivity contribution in [2.24, 2.45) is 0 Å². The number of carbonyl (C=O) groups is 1. The predicted octanol–water partition coefficient (Wildman–Crippen LogP) is 4.11. The first-order valence-corrected chi connectivity index (χ1v) is 12.5. The highest BCUT2D eigenvalue weighted by atomic mass is 16.5. The van der Waals surface area contributed by atoms with Crippen LogP contribution in [-0.2, 0) is 0 Å². The summed E-state index contributed by atoms with van der Waals surface area (Å²) in [5.74, 6) is 1.62. The number of ether oxygens (including phenoxy) is 2. The number of aryl methyl sites for hydroxylation is 1. The zero-order chi connectivity index (χ0) is 25.8. The molecule has 0 spiro atoms.